The fourth-order valence-electron chi connectivity index (χ4n) is 3.19. The molecule has 3 nitrogen and oxygen atoms in total. The Morgan fingerprint density at radius 1 is 1.30 bits per heavy atom. The van der Waals surface area contributed by atoms with Crippen LogP contribution in [0.4, 0.5) is 4.39 Å². The third-order valence-corrected chi connectivity index (χ3v) is 4.96. The highest BCUT2D eigenvalue weighted by molar-refractivity contribution is 6.33. The standard InChI is InChI=1S/C18H26ClFN2O/c1-13(2)17(12-22-9-5-4-6-10-22)21(3)18(23)15-8-7-14(20)11-16(15)19/h7-8,11,13,17H,4-6,9-10,12H2,1-3H3/t17-/m1/s1. The number of likely N-dealkylation sites (tertiary alicyclic amines) is 1. The van der Waals surface area contributed by atoms with Crippen molar-refractivity contribution in [1.82, 2.24) is 9.80 Å². The van der Waals surface area contributed by atoms with Crippen molar-refractivity contribution >= 4 is 17.5 Å². The van der Waals surface area contributed by atoms with Gasteiger partial charge in [-0.05, 0) is 50.0 Å². The number of halogens is 2. The van der Waals surface area contributed by atoms with Gasteiger partial charge >= 0.3 is 0 Å². The van der Waals surface area contributed by atoms with Crippen LogP contribution in [0.5, 0.6) is 0 Å². The second-order valence-corrected chi connectivity index (χ2v) is 7.12. The summed E-state index contributed by atoms with van der Waals surface area (Å²) in [6, 6.07) is 4.05. The van der Waals surface area contributed by atoms with Gasteiger partial charge in [-0.3, -0.25) is 4.79 Å². The minimum Gasteiger partial charge on any atom is -0.337 e. The maximum Gasteiger partial charge on any atom is 0.255 e. The fraction of sp³-hybridized carbons (Fsp3) is 0.611. The van der Waals surface area contributed by atoms with Crippen molar-refractivity contribution in [2.75, 3.05) is 26.7 Å². The van der Waals surface area contributed by atoms with Crippen molar-refractivity contribution in [1.29, 1.82) is 0 Å². The van der Waals surface area contributed by atoms with Crippen LogP contribution in [0.2, 0.25) is 5.02 Å². The van der Waals surface area contributed by atoms with E-state index in [-0.39, 0.29) is 17.0 Å². The van der Waals surface area contributed by atoms with Crippen LogP contribution in [-0.4, -0.2) is 48.4 Å². The van der Waals surface area contributed by atoms with Crippen LogP contribution < -0.4 is 0 Å². The molecule has 1 aromatic carbocycles. The SMILES string of the molecule is CC(C)[C@@H](CN1CCCCC1)N(C)C(=O)c1ccc(F)cc1Cl. The first kappa shape index (κ1) is 18.2. The number of benzene rings is 1. The molecule has 1 fully saturated rings. The average molecular weight is 341 g/mol. The second kappa shape index (κ2) is 8.11. The molecule has 1 amide bonds. The van der Waals surface area contributed by atoms with Crippen LogP contribution in [-0.2, 0) is 0 Å². The number of carbonyl (C=O) groups is 1. The molecule has 0 aliphatic carbocycles. The van der Waals surface area contributed by atoms with E-state index in [2.05, 4.69) is 18.7 Å². The smallest absolute Gasteiger partial charge is 0.255 e. The van der Waals surface area contributed by atoms with Crippen molar-refractivity contribution < 1.29 is 9.18 Å². The number of hydrogen-bond donors (Lipinski definition) is 0. The average Bonchev–Trinajstić information content (AvgIpc) is 2.52. The van der Waals surface area contributed by atoms with E-state index in [1.807, 2.05) is 7.05 Å². The molecule has 0 aromatic heterocycles. The predicted molar refractivity (Wildman–Crippen MR) is 92.4 cm³/mol. The van der Waals surface area contributed by atoms with Gasteiger partial charge in [-0.1, -0.05) is 31.9 Å². The van der Waals surface area contributed by atoms with E-state index in [0.29, 0.717) is 11.5 Å². The van der Waals surface area contributed by atoms with Crippen LogP contribution in [0.1, 0.15) is 43.5 Å². The van der Waals surface area contributed by atoms with Gasteiger partial charge in [-0.2, -0.15) is 0 Å². The molecule has 0 bridgehead atoms. The molecule has 1 aliphatic rings. The lowest BCUT2D eigenvalue weighted by molar-refractivity contribution is 0.0611. The highest BCUT2D eigenvalue weighted by atomic mass is 35.5. The van der Waals surface area contributed by atoms with Crippen molar-refractivity contribution in [3.63, 3.8) is 0 Å². The van der Waals surface area contributed by atoms with E-state index in [0.717, 1.165) is 19.6 Å². The third-order valence-electron chi connectivity index (χ3n) is 4.64. The molecule has 5 heteroatoms. The summed E-state index contributed by atoms with van der Waals surface area (Å²) < 4.78 is 13.2. The number of rotatable bonds is 5. The zero-order valence-corrected chi connectivity index (χ0v) is 14.9. The molecule has 1 heterocycles. The van der Waals surface area contributed by atoms with E-state index < -0.39 is 5.82 Å². The summed E-state index contributed by atoms with van der Waals surface area (Å²) in [5.74, 6) is -0.237. The molecule has 0 spiro atoms. The molecular weight excluding hydrogens is 315 g/mol. The first-order chi connectivity index (χ1) is 10.9. The summed E-state index contributed by atoms with van der Waals surface area (Å²) >= 11 is 6.05. The topological polar surface area (TPSA) is 23.6 Å². The van der Waals surface area contributed by atoms with Crippen LogP contribution in [0.3, 0.4) is 0 Å². The van der Waals surface area contributed by atoms with Gasteiger partial charge in [0, 0.05) is 19.6 Å². The van der Waals surface area contributed by atoms with Gasteiger partial charge in [0.2, 0.25) is 0 Å². The second-order valence-electron chi connectivity index (χ2n) is 6.71. The van der Waals surface area contributed by atoms with Crippen molar-refractivity contribution in [3.8, 4) is 0 Å². The normalized spacial score (nSPS) is 17.3. The van der Waals surface area contributed by atoms with E-state index in [1.54, 1.807) is 4.90 Å². The van der Waals surface area contributed by atoms with Gasteiger partial charge in [0.15, 0.2) is 0 Å². The Morgan fingerprint density at radius 2 is 1.96 bits per heavy atom. The molecule has 0 unspecified atom stereocenters. The lowest BCUT2D eigenvalue weighted by Gasteiger charge is -2.37. The van der Waals surface area contributed by atoms with Gasteiger partial charge < -0.3 is 9.80 Å². The third kappa shape index (κ3) is 4.67. The number of carbonyl (C=O) groups excluding carboxylic acids is 1. The maximum absolute atomic E-state index is 13.2. The first-order valence-corrected chi connectivity index (χ1v) is 8.72. The van der Waals surface area contributed by atoms with E-state index in [4.69, 9.17) is 11.6 Å². The van der Waals surface area contributed by atoms with Gasteiger partial charge in [-0.25, -0.2) is 4.39 Å². The predicted octanol–water partition coefficient (Wildman–Crippen LogP) is 4.06. The minimum absolute atomic E-state index is 0.113. The van der Waals surface area contributed by atoms with Gasteiger partial charge in [0.1, 0.15) is 5.82 Å². The van der Waals surface area contributed by atoms with E-state index in [9.17, 15) is 9.18 Å². The molecule has 0 N–H and O–H groups in total. The van der Waals surface area contributed by atoms with Crippen molar-refractivity contribution in [2.45, 2.75) is 39.2 Å². The van der Waals surface area contributed by atoms with Crippen LogP contribution in [0.25, 0.3) is 0 Å². The molecule has 23 heavy (non-hydrogen) atoms. The monoisotopic (exact) mass is 340 g/mol. The lowest BCUT2D eigenvalue weighted by atomic mass is 10.00. The zero-order chi connectivity index (χ0) is 17.0. The Hall–Kier alpha value is -1.13. The molecule has 1 aliphatic heterocycles. The summed E-state index contributed by atoms with van der Waals surface area (Å²) in [7, 11) is 1.82. The number of likely N-dealkylation sites (N-methyl/N-ethyl adjacent to an activating group) is 1. The number of hydrogen-bond acceptors (Lipinski definition) is 2. The van der Waals surface area contributed by atoms with Crippen molar-refractivity contribution in [2.24, 2.45) is 5.92 Å². The summed E-state index contributed by atoms with van der Waals surface area (Å²) in [5, 5.41) is 0.169. The Balaban J connectivity index is 2.12. The molecule has 0 radical (unpaired) electrons. The highest BCUT2D eigenvalue weighted by Crippen LogP contribution is 2.22. The first-order valence-electron chi connectivity index (χ1n) is 8.34. The number of amides is 1. The molecule has 2 rings (SSSR count). The zero-order valence-electron chi connectivity index (χ0n) is 14.2. The Kier molecular flexibility index (Phi) is 6.42. The largest absolute Gasteiger partial charge is 0.337 e. The van der Waals surface area contributed by atoms with Crippen LogP contribution >= 0.6 is 11.6 Å². The summed E-state index contributed by atoms with van der Waals surface area (Å²) in [4.78, 5) is 17.0. The molecule has 1 atom stereocenters. The van der Waals surface area contributed by atoms with E-state index in [1.165, 1.54) is 37.5 Å². The Morgan fingerprint density at radius 3 is 2.52 bits per heavy atom. The molecule has 1 aromatic rings. The van der Waals surface area contributed by atoms with Crippen LogP contribution in [0, 0.1) is 11.7 Å². The Bertz CT molecular complexity index is 544. The van der Waals surface area contributed by atoms with E-state index >= 15 is 0 Å². The molecular formula is C18H26ClFN2O. The summed E-state index contributed by atoms with van der Waals surface area (Å²) in [5.41, 5.74) is 0.361. The van der Waals surface area contributed by atoms with Crippen molar-refractivity contribution in [3.05, 3.63) is 34.6 Å². The summed E-state index contributed by atoms with van der Waals surface area (Å²) in [6.45, 7) is 7.33. The fourth-order valence-corrected chi connectivity index (χ4v) is 3.44. The molecule has 0 saturated carbocycles. The van der Waals surface area contributed by atoms with Crippen LogP contribution in [0.15, 0.2) is 18.2 Å². The lowest BCUT2D eigenvalue weighted by Crippen LogP contribution is -2.48. The quantitative estimate of drug-likeness (QED) is 0.807. The summed E-state index contributed by atoms with van der Waals surface area (Å²) in [6.07, 6.45) is 3.75. The van der Waals surface area contributed by atoms with Gasteiger partial charge in [0.05, 0.1) is 10.6 Å². The minimum atomic E-state index is -0.428. The number of piperidine rings is 1. The molecule has 128 valence electrons. The number of nitrogens with zero attached hydrogens (tertiary/aromatic N) is 2. The highest BCUT2D eigenvalue weighted by Gasteiger charge is 2.27. The molecule has 1 saturated heterocycles. The van der Waals surface area contributed by atoms with Gasteiger partial charge in [0.25, 0.3) is 5.91 Å². The Labute approximate surface area is 143 Å². The maximum atomic E-state index is 13.2. The van der Waals surface area contributed by atoms with Gasteiger partial charge in [-0.15, -0.1) is 0 Å².